The molecule has 1 aliphatic carbocycles. The Kier molecular flexibility index (Phi) is 5.30. The lowest BCUT2D eigenvalue weighted by molar-refractivity contribution is 0.306. The summed E-state index contributed by atoms with van der Waals surface area (Å²) in [6.45, 7) is 7.44. The van der Waals surface area contributed by atoms with Gasteiger partial charge >= 0.3 is 0 Å². The van der Waals surface area contributed by atoms with Gasteiger partial charge in [0.15, 0.2) is 0 Å². The Hall–Kier alpha value is -0.0800. The van der Waals surface area contributed by atoms with Crippen molar-refractivity contribution in [1.82, 2.24) is 10.6 Å². The van der Waals surface area contributed by atoms with Crippen LogP contribution in [0, 0.1) is 11.3 Å². The first-order chi connectivity index (χ1) is 8.29. The molecule has 0 spiro atoms. The predicted octanol–water partition coefficient (Wildman–Crippen LogP) is 2.94. The highest BCUT2D eigenvalue weighted by Gasteiger charge is 2.27. The highest BCUT2D eigenvalue weighted by molar-refractivity contribution is 4.82. The number of rotatable bonds is 6. The molecule has 2 rings (SSSR count). The van der Waals surface area contributed by atoms with Gasteiger partial charge in [-0.3, -0.25) is 0 Å². The lowest BCUT2D eigenvalue weighted by atomic mass is 9.89. The third-order valence-electron chi connectivity index (χ3n) is 4.73. The number of nitrogens with one attached hydrogen (secondary N) is 2. The first kappa shape index (κ1) is 13.4. The van der Waals surface area contributed by atoms with Crippen LogP contribution in [0.1, 0.15) is 58.3 Å². The molecule has 2 heteroatoms. The van der Waals surface area contributed by atoms with Crippen molar-refractivity contribution < 1.29 is 0 Å². The molecule has 2 nitrogen and oxygen atoms in total. The van der Waals surface area contributed by atoms with Crippen LogP contribution in [0.4, 0.5) is 0 Å². The van der Waals surface area contributed by atoms with Crippen molar-refractivity contribution >= 4 is 0 Å². The van der Waals surface area contributed by atoms with E-state index in [9.17, 15) is 0 Å². The highest BCUT2D eigenvalue weighted by Crippen LogP contribution is 2.36. The largest absolute Gasteiger partial charge is 0.316 e. The second-order valence-electron chi connectivity index (χ2n) is 6.55. The van der Waals surface area contributed by atoms with Gasteiger partial charge in [0.25, 0.3) is 0 Å². The van der Waals surface area contributed by atoms with Crippen molar-refractivity contribution in [2.24, 2.45) is 11.3 Å². The molecule has 0 aromatic heterocycles. The molecule has 1 aliphatic heterocycles. The summed E-state index contributed by atoms with van der Waals surface area (Å²) in [5.74, 6) is 0.951. The van der Waals surface area contributed by atoms with Crippen LogP contribution >= 0.6 is 0 Å². The van der Waals surface area contributed by atoms with Crippen molar-refractivity contribution in [3.05, 3.63) is 0 Å². The lowest BCUT2D eigenvalue weighted by Crippen LogP contribution is -2.32. The zero-order chi connectivity index (χ0) is 12.0. The summed E-state index contributed by atoms with van der Waals surface area (Å²) >= 11 is 0. The number of hydrogen-bond donors (Lipinski definition) is 2. The van der Waals surface area contributed by atoms with E-state index in [-0.39, 0.29) is 0 Å². The van der Waals surface area contributed by atoms with Gasteiger partial charge in [-0.2, -0.15) is 0 Å². The summed E-state index contributed by atoms with van der Waals surface area (Å²) in [5, 5.41) is 7.19. The van der Waals surface area contributed by atoms with E-state index in [1.807, 2.05) is 0 Å². The Morgan fingerprint density at radius 3 is 2.76 bits per heavy atom. The zero-order valence-corrected chi connectivity index (χ0v) is 11.6. The standard InChI is InChI=1S/C15H30N2/c1-15(8-2-3-9-15)13-17-11-5-7-14-6-4-10-16-12-14/h14,16-17H,2-13H2,1H3. The molecule has 0 radical (unpaired) electrons. The molecule has 0 amide bonds. The fourth-order valence-electron chi connectivity index (χ4n) is 3.48. The smallest absolute Gasteiger partial charge is 0.000516 e. The average Bonchev–Trinajstić information content (AvgIpc) is 2.77. The molecule has 2 aliphatic rings. The molecule has 2 N–H and O–H groups in total. The van der Waals surface area contributed by atoms with Gasteiger partial charge < -0.3 is 10.6 Å². The first-order valence-corrected chi connectivity index (χ1v) is 7.70. The van der Waals surface area contributed by atoms with Gasteiger partial charge in [-0.1, -0.05) is 19.8 Å². The van der Waals surface area contributed by atoms with Gasteiger partial charge in [0, 0.05) is 6.54 Å². The van der Waals surface area contributed by atoms with Gasteiger partial charge in [0.05, 0.1) is 0 Å². The number of hydrogen-bond acceptors (Lipinski definition) is 2. The summed E-state index contributed by atoms with van der Waals surface area (Å²) < 4.78 is 0. The highest BCUT2D eigenvalue weighted by atomic mass is 14.9. The van der Waals surface area contributed by atoms with Crippen LogP contribution < -0.4 is 10.6 Å². The Morgan fingerprint density at radius 2 is 2.06 bits per heavy atom. The topological polar surface area (TPSA) is 24.1 Å². The Morgan fingerprint density at radius 1 is 1.24 bits per heavy atom. The molecule has 1 saturated heterocycles. The molecular weight excluding hydrogens is 208 g/mol. The molecule has 100 valence electrons. The van der Waals surface area contributed by atoms with Crippen LogP contribution in [0.3, 0.4) is 0 Å². The minimum absolute atomic E-state index is 0.617. The summed E-state index contributed by atoms with van der Waals surface area (Å²) in [5.41, 5.74) is 0.617. The van der Waals surface area contributed by atoms with Gasteiger partial charge in [-0.05, 0) is 69.5 Å². The Labute approximate surface area is 107 Å². The van der Waals surface area contributed by atoms with Gasteiger partial charge in [-0.15, -0.1) is 0 Å². The maximum Gasteiger partial charge on any atom is 0.000516 e. The maximum absolute atomic E-state index is 3.69. The quantitative estimate of drug-likeness (QED) is 0.695. The second-order valence-corrected chi connectivity index (χ2v) is 6.55. The number of piperidine rings is 1. The van der Waals surface area contributed by atoms with Crippen molar-refractivity contribution in [3.8, 4) is 0 Å². The Balaban J connectivity index is 1.48. The predicted molar refractivity (Wildman–Crippen MR) is 74.3 cm³/mol. The van der Waals surface area contributed by atoms with Gasteiger partial charge in [0.2, 0.25) is 0 Å². The van der Waals surface area contributed by atoms with Crippen LogP contribution in [0.15, 0.2) is 0 Å². The molecule has 0 aromatic rings. The monoisotopic (exact) mass is 238 g/mol. The van der Waals surface area contributed by atoms with E-state index >= 15 is 0 Å². The molecule has 1 unspecified atom stereocenters. The molecule has 17 heavy (non-hydrogen) atoms. The van der Waals surface area contributed by atoms with Crippen LogP contribution in [0.5, 0.6) is 0 Å². The van der Waals surface area contributed by atoms with Crippen molar-refractivity contribution in [2.45, 2.75) is 58.3 Å². The van der Waals surface area contributed by atoms with Crippen molar-refractivity contribution in [3.63, 3.8) is 0 Å². The van der Waals surface area contributed by atoms with Crippen molar-refractivity contribution in [1.29, 1.82) is 0 Å². The fraction of sp³-hybridized carbons (Fsp3) is 1.00. The second kappa shape index (κ2) is 6.75. The third kappa shape index (κ3) is 4.59. The van der Waals surface area contributed by atoms with Gasteiger partial charge in [-0.25, -0.2) is 0 Å². The normalized spacial score (nSPS) is 28.4. The molecule has 1 saturated carbocycles. The lowest BCUT2D eigenvalue weighted by Gasteiger charge is -2.25. The summed E-state index contributed by atoms with van der Waals surface area (Å²) in [6, 6.07) is 0. The zero-order valence-electron chi connectivity index (χ0n) is 11.6. The minimum atomic E-state index is 0.617. The Bertz CT molecular complexity index is 203. The van der Waals surface area contributed by atoms with Crippen LogP contribution in [0.2, 0.25) is 0 Å². The first-order valence-electron chi connectivity index (χ1n) is 7.70. The minimum Gasteiger partial charge on any atom is -0.316 e. The van der Waals surface area contributed by atoms with Crippen molar-refractivity contribution in [2.75, 3.05) is 26.2 Å². The summed E-state index contributed by atoms with van der Waals surface area (Å²) in [7, 11) is 0. The summed E-state index contributed by atoms with van der Waals surface area (Å²) in [6.07, 6.45) is 11.4. The van der Waals surface area contributed by atoms with Gasteiger partial charge in [0.1, 0.15) is 0 Å². The maximum atomic E-state index is 3.69. The van der Waals surface area contributed by atoms with E-state index in [4.69, 9.17) is 0 Å². The van der Waals surface area contributed by atoms with E-state index in [0.29, 0.717) is 5.41 Å². The molecule has 2 fully saturated rings. The molecule has 1 atom stereocenters. The third-order valence-corrected chi connectivity index (χ3v) is 4.73. The van der Waals surface area contributed by atoms with Crippen LogP contribution in [-0.4, -0.2) is 26.2 Å². The van der Waals surface area contributed by atoms with E-state index in [1.165, 1.54) is 77.5 Å². The average molecular weight is 238 g/mol. The molecular formula is C15H30N2. The van der Waals surface area contributed by atoms with E-state index in [0.717, 1.165) is 5.92 Å². The molecule has 1 heterocycles. The van der Waals surface area contributed by atoms with E-state index in [1.54, 1.807) is 0 Å². The summed E-state index contributed by atoms with van der Waals surface area (Å²) in [4.78, 5) is 0. The van der Waals surface area contributed by atoms with E-state index in [2.05, 4.69) is 17.6 Å². The van der Waals surface area contributed by atoms with Crippen LogP contribution in [0.25, 0.3) is 0 Å². The fourth-order valence-corrected chi connectivity index (χ4v) is 3.48. The molecule has 0 bridgehead atoms. The molecule has 0 aromatic carbocycles. The van der Waals surface area contributed by atoms with E-state index < -0.39 is 0 Å². The van der Waals surface area contributed by atoms with Crippen LogP contribution in [-0.2, 0) is 0 Å². The SMILES string of the molecule is CC1(CNCCCC2CCCNC2)CCCC1.